The van der Waals surface area contributed by atoms with Crippen LogP contribution >= 0.6 is 0 Å². The minimum absolute atomic E-state index is 0.190. The smallest absolute Gasteiger partial charge is 0.336 e. The Hall–Kier alpha value is -3.06. The van der Waals surface area contributed by atoms with E-state index in [2.05, 4.69) is 5.92 Å². The van der Waals surface area contributed by atoms with Gasteiger partial charge in [0.15, 0.2) is 0 Å². The monoisotopic (exact) mass is 268 g/mol. The maximum absolute atomic E-state index is 10.5. The van der Waals surface area contributed by atoms with Crippen molar-refractivity contribution in [3.8, 4) is 12.3 Å². The fourth-order valence-corrected chi connectivity index (χ4v) is 1.39. The van der Waals surface area contributed by atoms with E-state index in [4.69, 9.17) is 16.6 Å². The van der Waals surface area contributed by atoms with E-state index in [-0.39, 0.29) is 11.1 Å². The Balaban J connectivity index is 0.000000217. The van der Waals surface area contributed by atoms with Crippen molar-refractivity contribution in [2.24, 2.45) is 0 Å². The molecule has 100 valence electrons. The van der Waals surface area contributed by atoms with Gasteiger partial charge in [-0.25, -0.2) is 9.59 Å². The van der Waals surface area contributed by atoms with E-state index < -0.39 is 11.9 Å². The van der Waals surface area contributed by atoms with Gasteiger partial charge in [0.25, 0.3) is 0 Å². The Morgan fingerprint density at radius 3 is 1.50 bits per heavy atom. The van der Waals surface area contributed by atoms with Crippen LogP contribution in [0.3, 0.4) is 0 Å². The topological polar surface area (TPSA) is 74.6 Å². The molecule has 2 N–H and O–H groups in total. The number of hydrogen-bond donors (Lipinski definition) is 2. The van der Waals surface area contributed by atoms with Crippen LogP contribution in [-0.2, 0) is 0 Å². The average Bonchev–Trinajstić information content (AvgIpc) is 2.48. The highest BCUT2D eigenvalue weighted by molar-refractivity contribution is 6.01. The molecule has 0 aliphatic rings. The molecule has 0 aliphatic carbocycles. The zero-order chi connectivity index (χ0) is 15.0. The van der Waals surface area contributed by atoms with Gasteiger partial charge in [-0.2, -0.15) is 0 Å². The van der Waals surface area contributed by atoms with Gasteiger partial charge in [0.05, 0.1) is 11.1 Å². The van der Waals surface area contributed by atoms with E-state index in [9.17, 15) is 9.59 Å². The van der Waals surface area contributed by atoms with Crippen molar-refractivity contribution in [3.63, 3.8) is 0 Å². The van der Waals surface area contributed by atoms with Gasteiger partial charge in [-0.1, -0.05) is 36.3 Å². The van der Waals surface area contributed by atoms with Crippen molar-refractivity contribution < 1.29 is 19.8 Å². The number of benzene rings is 2. The number of carboxylic acid groups (broad SMARTS) is 2. The van der Waals surface area contributed by atoms with E-state index in [0.717, 1.165) is 5.56 Å². The van der Waals surface area contributed by atoms with Gasteiger partial charge in [-0.05, 0) is 24.3 Å². The van der Waals surface area contributed by atoms with Crippen LogP contribution in [0.5, 0.6) is 0 Å². The van der Waals surface area contributed by atoms with Crippen molar-refractivity contribution in [2.75, 3.05) is 0 Å². The Labute approximate surface area is 116 Å². The highest BCUT2D eigenvalue weighted by Gasteiger charge is 2.13. The largest absolute Gasteiger partial charge is 0.478 e. The summed E-state index contributed by atoms with van der Waals surface area (Å²) in [4.78, 5) is 20.9. The van der Waals surface area contributed by atoms with E-state index >= 15 is 0 Å². The molecule has 2 aromatic rings. The number of hydrogen-bond acceptors (Lipinski definition) is 2. The van der Waals surface area contributed by atoms with Crippen LogP contribution in [0.25, 0.3) is 0 Å². The summed E-state index contributed by atoms with van der Waals surface area (Å²) in [6.45, 7) is 0. The van der Waals surface area contributed by atoms with Crippen LogP contribution in [-0.4, -0.2) is 22.2 Å². The third kappa shape index (κ3) is 4.31. The van der Waals surface area contributed by atoms with Crippen LogP contribution in [0.4, 0.5) is 0 Å². The van der Waals surface area contributed by atoms with Gasteiger partial charge in [0, 0.05) is 5.56 Å². The first-order valence-corrected chi connectivity index (χ1v) is 5.63. The maximum Gasteiger partial charge on any atom is 0.336 e. The molecule has 4 heteroatoms. The number of rotatable bonds is 2. The molecule has 0 bridgehead atoms. The predicted octanol–water partition coefficient (Wildman–Crippen LogP) is 2.75. The number of aromatic carboxylic acids is 2. The van der Waals surface area contributed by atoms with Crippen LogP contribution in [0.1, 0.15) is 26.3 Å². The zero-order valence-corrected chi connectivity index (χ0v) is 10.5. The lowest BCUT2D eigenvalue weighted by Crippen LogP contribution is -2.06. The van der Waals surface area contributed by atoms with Crippen LogP contribution in [0.2, 0.25) is 0 Å². The summed E-state index contributed by atoms with van der Waals surface area (Å²) >= 11 is 0. The molecule has 0 amide bonds. The summed E-state index contributed by atoms with van der Waals surface area (Å²) in [6.07, 6.45) is 5.10. The molecular formula is C16H12O4. The van der Waals surface area contributed by atoms with Gasteiger partial charge in [-0.3, -0.25) is 0 Å². The highest BCUT2D eigenvalue weighted by atomic mass is 16.4. The van der Waals surface area contributed by atoms with E-state index in [1.165, 1.54) is 24.3 Å². The first-order valence-electron chi connectivity index (χ1n) is 5.63. The third-order valence-corrected chi connectivity index (χ3v) is 2.33. The Bertz CT molecular complexity index is 606. The molecule has 0 unspecified atom stereocenters. The van der Waals surface area contributed by atoms with Crippen molar-refractivity contribution >= 4 is 11.9 Å². The molecule has 0 heterocycles. The zero-order valence-electron chi connectivity index (χ0n) is 10.5. The molecule has 0 saturated carbocycles. The fourth-order valence-electron chi connectivity index (χ4n) is 1.39. The maximum atomic E-state index is 10.5. The first kappa shape index (κ1) is 15.0. The van der Waals surface area contributed by atoms with Gasteiger partial charge in [0.1, 0.15) is 0 Å². The summed E-state index contributed by atoms with van der Waals surface area (Å²) < 4.78 is 0. The normalized spacial score (nSPS) is 8.75. The van der Waals surface area contributed by atoms with Gasteiger partial charge in [-0.15, -0.1) is 6.42 Å². The number of carbonyl (C=O) groups is 2. The van der Waals surface area contributed by atoms with E-state index in [1.54, 1.807) is 0 Å². The van der Waals surface area contributed by atoms with E-state index in [0.29, 0.717) is 0 Å². The summed E-state index contributed by atoms with van der Waals surface area (Å²) in [5, 5.41) is 17.1. The minimum Gasteiger partial charge on any atom is -0.478 e. The number of terminal acetylenes is 1. The van der Waals surface area contributed by atoms with Crippen LogP contribution in [0.15, 0.2) is 54.6 Å². The van der Waals surface area contributed by atoms with Crippen LogP contribution in [0, 0.1) is 12.3 Å². The summed E-state index contributed by atoms with van der Waals surface area (Å²) in [5.41, 5.74) is 0.558. The summed E-state index contributed by atoms with van der Waals surface area (Å²) in [7, 11) is 0. The van der Waals surface area contributed by atoms with Crippen molar-refractivity contribution in [1.29, 1.82) is 0 Å². The molecule has 0 aliphatic heterocycles. The lowest BCUT2D eigenvalue weighted by Gasteiger charge is -1.98. The Morgan fingerprint density at radius 2 is 1.20 bits per heavy atom. The standard InChI is InChI=1S/C8H6O4.C8H6/c9-7(10)5-3-1-2-4-6(5)8(11)12;1-2-8-6-4-3-5-7-8/h1-4H,(H,9,10)(H,11,12);1,3-7H. The Kier molecular flexibility index (Phi) is 5.54. The SMILES string of the molecule is C#Cc1ccccc1.O=C(O)c1ccccc1C(=O)O. The second-order valence-electron chi connectivity index (χ2n) is 3.67. The highest BCUT2D eigenvalue weighted by Crippen LogP contribution is 2.07. The van der Waals surface area contributed by atoms with Gasteiger partial charge >= 0.3 is 11.9 Å². The Morgan fingerprint density at radius 1 is 0.800 bits per heavy atom. The van der Waals surface area contributed by atoms with E-state index in [1.807, 2.05) is 30.3 Å². The fraction of sp³-hybridized carbons (Fsp3) is 0. The molecule has 2 aromatic carbocycles. The van der Waals surface area contributed by atoms with Crippen molar-refractivity contribution in [3.05, 3.63) is 71.3 Å². The third-order valence-electron chi connectivity index (χ3n) is 2.33. The van der Waals surface area contributed by atoms with Gasteiger partial charge < -0.3 is 10.2 Å². The molecule has 0 spiro atoms. The van der Waals surface area contributed by atoms with Crippen LogP contribution < -0.4 is 0 Å². The molecule has 2 rings (SSSR count). The lowest BCUT2D eigenvalue weighted by molar-refractivity contribution is 0.0651. The first-order chi connectivity index (χ1) is 9.56. The quantitative estimate of drug-likeness (QED) is 0.821. The summed E-state index contributed by atoms with van der Waals surface area (Å²) in [6, 6.07) is 15.1. The molecular weight excluding hydrogens is 256 g/mol. The minimum atomic E-state index is -1.23. The molecule has 0 atom stereocenters. The lowest BCUT2D eigenvalue weighted by atomic mass is 10.1. The second kappa shape index (κ2) is 7.39. The van der Waals surface area contributed by atoms with Crippen molar-refractivity contribution in [1.82, 2.24) is 0 Å². The molecule has 0 fully saturated rings. The second-order valence-corrected chi connectivity index (χ2v) is 3.67. The predicted molar refractivity (Wildman–Crippen MR) is 74.7 cm³/mol. The summed E-state index contributed by atoms with van der Waals surface area (Å²) in [5.74, 6) is 0.0695. The molecule has 20 heavy (non-hydrogen) atoms. The molecule has 4 nitrogen and oxygen atoms in total. The van der Waals surface area contributed by atoms with Crippen molar-refractivity contribution in [2.45, 2.75) is 0 Å². The molecule has 0 saturated heterocycles. The molecule has 0 radical (unpaired) electrons. The molecule has 0 aromatic heterocycles. The van der Waals surface area contributed by atoms with Gasteiger partial charge in [0.2, 0.25) is 0 Å². The number of carboxylic acids is 2. The average molecular weight is 268 g/mol.